The third kappa shape index (κ3) is 5.32. The van der Waals surface area contributed by atoms with E-state index in [4.69, 9.17) is 4.74 Å². The van der Waals surface area contributed by atoms with Gasteiger partial charge in [0.05, 0.1) is 25.4 Å². The molecule has 32 heavy (non-hydrogen) atoms. The fourth-order valence-corrected chi connectivity index (χ4v) is 4.72. The van der Waals surface area contributed by atoms with Crippen molar-refractivity contribution >= 4 is 11.9 Å². The second-order valence-electron chi connectivity index (χ2n) is 8.73. The summed E-state index contributed by atoms with van der Waals surface area (Å²) in [4.78, 5) is 27.1. The van der Waals surface area contributed by atoms with Gasteiger partial charge in [-0.3, -0.25) is 9.69 Å². The molecule has 1 saturated carbocycles. The largest absolute Gasteiger partial charge is 0.464 e. The Morgan fingerprint density at radius 3 is 2.56 bits per heavy atom. The van der Waals surface area contributed by atoms with Crippen LogP contribution in [0.15, 0.2) is 30.5 Å². The molecule has 2 aromatic rings. The number of nitrogens with one attached hydrogen (secondary N) is 1. The van der Waals surface area contributed by atoms with Gasteiger partial charge in [0.25, 0.3) is 0 Å². The second kappa shape index (κ2) is 10.2. The minimum absolute atomic E-state index is 0.0230. The standard InChI is InChI=1S/C23H30FN5O3/c1-32-23(31)20-15-29(27-26-20)19-12-21(22(30)25-18-6-4-2-3-5-7-18)28(14-19)13-16-8-10-17(24)11-9-16/h8-11,15,18-19,21H,2-7,12-14H2,1H3,(H,25,30)/t19-,21-/m0/s1. The van der Waals surface area contributed by atoms with E-state index in [-0.39, 0.29) is 35.5 Å². The lowest BCUT2D eigenvalue weighted by molar-refractivity contribution is -0.126. The summed E-state index contributed by atoms with van der Waals surface area (Å²) in [5.41, 5.74) is 1.08. The van der Waals surface area contributed by atoms with E-state index in [1.807, 2.05) is 0 Å². The maximum absolute atomic E-state index is 13.3. The molecular formula is C23H30FN5O3. The number of likely N-dealkylation sites (tertiary alicyclic amines) is 1. The van der Waals surface area contributed by atoms with E-state index in [1.165, 1.54) is 32.1 Å². The molecule has 1 N–H and O–H groups in total. The van der Waals surface area contributed by atoms with Crippen LogP contribution in [-0.4, -0.2) is 57.5 Å². The molecule has 4 rings (SSSR count). The Morgan fingerprint density at radius 2 is 1.88 bits per heavy atom. The number of amides is 1. The Labute approximate surface area is 187 Å². The molecule has 9 heteroatoms. The summed E-state index contributed by atoms with van der Waals surface area (Å²) >= 11 is 0. The molecule has 2 atom stereocenters. The summed E-state index contributed by atoms with van der Waals surface area (Å²) in [6.45, 7) is 1.10. The maximum atomic E-state index is 13.3. The molecular weight excluding hydrogens is 413 g/mol. The summed E-state index contributed by atoms with van der Waals surface area (Å²) in [6.07, 6.45) is 8.91. The molecule has 1 aliphatic carbocycles. The molecule has 1 aromatic heterocycles. The van der Waals surface area contributed by atoms with Crippen LogP contribution in [0.3, 0.4) is 0 Å². The van der Waals surface area contributed by atoms with Crippen LogP contribution >= 0.6 is 0 Å². The average molecular weight is 444 g/mol. The van der Waals surface area contributed by atoms with E-state index in [0.29, 0.717) is 19.5 Å². The highest BCUT2D eigenvalue weighted by Crippen LogP contribution is 2.29. The number of hydrogen-bond acceptors (Lipinski definition) is 6. The molecule has 2 heterocycles. The number of hydrogen-bond donors (Lipinski definition) is 1. The van der Waals surface area contributed by atoms with E-state index in [2.05, 4.69) is 20.5 Å². The summed E-state index contributed by atoms with van der Waals surface area (Å²) in [6, 6.07) is 6.13. The monoisotopic (exact) mass is 443 g/mol. The Kier molecular flexibility index (Phi) is 7.14. The number of esters is 1. The first-order valence-corrected chi connectivity index (χ1v) is 11.3. The van der Waals surface area contributed by atoms with Crippen LogP contribution in [0.25, 0.3) is 0 Å². The van der Waals surface area contributed by atoms with Crippen molar-refractivity contribution in [3.63, 3.8) is 0 Å². The number of carbonyl (C=O) groups is 2. The summed E-state index contributed by atoms with van der Waals surface area (Å²) in [5.74, 6) is -0.802. The van der Waals surface area contributed by atoms with E-state index >= 15 is 0 Å². The summed E-state index contributed by atoms with van der Waals surface area (Å²) in [7, 11) is 1.30. The van der Waals surface area contributed by atoms with Crippen molar-refractivity contribution in [1.29, 1.82) is 0 Å². The zero-order valence-corrected chi connectivity index (χ0v) is 18.4. The summed E-state index contributed by atoms with van der Waals surface area (Å²) < 4.78 is 19.7. The van der Waals surface area contributed by atoms with Crippen LogP contribution < -0.4 is 5.32 Å². The van der Waals surface area contributed by atoms with Crippen molar-refractivity contribution in [1.82, 2.24) is 25.2 Å². The Hall–Kier alpha value is -2.81. The Morgan fingerprint density at radius 1 is 1.16 bits per heavy atom. The van der Waals surface area contributed by atoms with Gasteiger partial charge < -0.3 is 10.1 Å². The molecule has 0 radical (unpaired) electrons. The molecule has 1 aliphatic heterocycles. The topological polar surface area (TPSA) is 89.4 Å². The number of halogens is 1. The first kappa shape index (κ1) is 22.4. The number of nitrogens with zero attached hydrogens (tertiary/aromatic N) is 4. The maximum Gasteiger partial charge on any atom is 0.360 e. The molecule has 1 saturated heterocycles. The van der Waals surface area contributed by atoms with Gasteiger partial charge in [0.1, 0.15) is 5.82 Å². The molecule has 0 spiro atoms. The smallest absolute Gasteiger partial charge is 0.360 e. The van der Waals surface area contributed by atoms with Gasteiger partial charge in [-0.1, -0.05) is 43.0 Å². The first-order chi connectivity index (χ1) is 15.5. The van der Waals surface area contributed by atoms with Gasteiger partial charge in [-0.2, -0.15) is 0 Å². The molecule has 1 aromatic carbocycles. The molecule has 2 aliphatic rings. The van der Waals surface area contributed by atoms with Crippen LogP contribution in [0.1, 0.15) is 67.0 Å². The normalized spacial score (nSPS) is 22.4. The quantitative estimate of drug-likeness (QED) is 0.546. The number of ether oxygens (including phenoxy) is 1. The molecule has 8 nitrogen and oxygen atoms in total. The van der Waals surface area contributed by atoms with E-state index in [1.54, 1.807) is 23.0 Å². The minimum Gasteiger partial charge on any atom is -0.464 e. The van der Waals surface area contributed by atoms with Gasteiger partial charge in [0, 0.05) is 19.1 Å². The van der Waals surface area contributed by atoms with Crippen LogP contribution in [0.2, 0.25) is 0 Å². The highest BCUT2D eigenvalue weighted by molar-refractivity contribution is 5.86. The van der Waals surface area contributed by atoms with Crippen molar-refractivity contribution in [3.05, 3.63) is 47.5 Å². The molecule has 2 fully saturated rings. The van der Waals surface area contributed by atoms with Crippen molar-refractivity contribution in [2.45, 2.75) is 69.6 Å². The number of benzene rings is 1. The van der Waals surface area contributed by atoms with Crippen LogP contribution in [0.5, 0.6) is 0 Å². The zero-order valence-electron chi connectivity index (χ0n) is 18.4. The summed E-state index contributed by atoms with van der Waals surface area (Å²) in [5, 5.41) is 11.3. The van der Waals surface area contributed by atoms with E-state index in [9.17, 15) is 14.0 Å². The van der Waals surface area contributed by atoms with Crippen molar-refractivity contribution < 1.29 is 18.7 Å². The fraction of sp³-hybridized carbons (Fsp3) is 0.565. The SMILES string of the molecule is COC(=O)c1cn([C@H]2C[C@@H](C(=O)NC3CCCCCC3)N(Cc3ccc(F)cc3)C2)nn1. The Bertz CT molecular complexity index is 924. The Balaban J connectivity index is 1.50. The molecule has 0 unspecified atom stereocenters. The second-order valence-corrected chi connectivity index (χ2v) is 8.73. The van der Waals surface area contributed by atoms with E-state index < -0.39 is 5.97 Å². The third-order valence-corrected chi connectivity index (χ3v) is 6.46. The lowest BCUT2D eigenvalue weighted by atomic mass is 10.1. The van der Waals surface area contributed by atoms with Crippen molar-refractivity contribution in [3.8, 4) is 0 Å². The molecule has 0 bridgehead atoms. The lowest BCUT2D eigenvalue weighted by Crippen LogP contribution is -2.46. The van der Waals surface area contributed by atoms with Crippen LogP contribution in [0.4, 0.5) is 4.39 Å². The fourth-order valence-electron chi connectivity index (χ4n) is 4.72. The van der Waals surface area contributed by atoms with Crippen molar-refractivity contribution in [2.75, 3.05) is 13.7 Å². The third-order valence-electron chi connectivity index (χ3n) is 6.46. The van der Waals surface area contributed by atoms with Gasteiger partial charge >= 0.3 is 5.97 Å². The number of rotatable bonds is 6. The van der Waals surface area contributed by atoms with Gasteiger partial charge in [-0.25, -0.2) is 13.9 Å². The lowest BCUT2D eigenvalue weighted by Gasteiger charge is -2.26. The van der Waals surface area contributed by atoms with E-state index in [0.717, 1.165) is 31.2 Å². The van der Waals surface area contributed by atoms with Gasteiger partial charge in [0.15, 0.2) is 5.69 Å². The van der Waals surface area contributed by atoms with Crippen LogP contribution in [-0.2, 0) is 16.1 Å². The van der Waals surface area contributed by atoms with Gasteiger partial charge in [-0.05, 0) is 37.0 Å². The number of carbonyl (C=O) groups excluding carboxylic acids is 2. The number of aromatic nitrogens is 3. The highest BCUT2D eigenvalue weighted by Gasteiger charge is 2.39. The highest BCUT2D eigenvalue weighted by atomic mass is 19.1. The predicted octanol–water partition coefficient (Wildman–Crippen LogP) is 2.86. The zero-order chi connectivity index (χ0) is 22.5. The first-order valence-electron chi connectivity index (χ1n) is 11.3. The number of methoxy groups -OCH3 is 1. The van der Waals surface area contributed by atoms with Crippen LogP contribution in [0, 0.1) is 5.82 Å². The van der Waals surface area contributed by atoms with Gasteiger partial charge in [-0.15, -0.1) is 5.10 Å². The minimum atomic E-state index is -0.542. The predicted molar refractivity (Wildman–Crippen MR) is 115 cm³/mol. The average Bonchev–Trinajstić information content (AvgIpc) is 3.37. The molecule has 172 valence electrons. The molecule has 1 amide bonds. The van der Waals surface area contributed by atoms with Crippen molar-refractivity contribution in [2.24, 2.45) is 0 Å². The van der Waals surface area contributed by atoms with Gasteiger partial charge in [0.2, 0.25) is 5.91 Å².